The molecule has 2 aromatic rings. The quantitative estimate of drug-likeness (QED) is 0.656. The average Bonchev–Trinajstić information content (AvgIpc) is 2.61. The van der Waals surface area contributed by atoms with Crippen molar-refractivity contribution >= 4 is 12.1 Å². The van der Waals surface area contributed by atoms with Crippen LogP contribution in [0.1, 0.15) is 15.9 Å². The van der Waals surface area contributed by atoms with Crippen molar-refractivity contribution in [2.45, 2.75) is 0 Å². The van der Waals surface area contributed by atoms with E-state index in [1.807, 2.05) is 6.07 Å². The van der Waals surface area contributed by atoms with Crippen molar-refractivity contribution in [3.63, 3.8) is 0 Å². The number of hydrogen-bond donors (Lipinski definition) is 1. The predicted molar refractivity (Wildman–Crippen MR) is 85.6 cm³/mol. The number of nitrogens with zero attached hydrogens (tertiary/aromatic N) is 2. The topological polar surface area (TPSA) is 83.7 Å². The summed E-state index contributed by atoms with van der Waals surface area (Å²) in [6.07, 6.45) is 1.52. The van der Waals surface area contributed by atoms with Crippen molar-refractivity contribution in [1.82, 2.24) is 5.43 Å². The molecule has 2 aromatic carbocycles. The number of hydrogen-bond acceptors (Lipinski definition) is 5. The van der Waals surface area contributed by atoms with Gasteiger partial charge in [0.05, 0.1) is 13.3 Å². The van der Waals surface area contributed by atoms with Crippen LogP contribution in [-0.4, -0.2) is 25.8 Å². The van der Waals surface area contributed by atoms with E-state index in [9.17, 15) is 4.79 Å². The van der Waals surface area contributed by atoms with Gasteiger partial charge in [0.25, 0.3) is 5.91 Å². The SMILES string of the molecule is COc1ccc(C(=O)N/N=C/c2ccc(OCC#N)cc2)cc1. The number of rotatable bonds is 6. The molecule has 6 nitrogen and oxygen atoms in total. The Morgan fingerprint density at radius 2 is 1.83 bits per heavy atom. The molecule has 23 heavy (non-hydrogen) atoms. The molecule has 0 aromatic heterocycles. The summed E-state index contributed by atoms with van der Waals surface area (Å²) in [5.74, 6) is 0.979. The molecule has 0 radical (unpaired) electrons. The fraction of sp³-hybridized carbons (Fsp3) is 0.118. The molecule has 116 valence electrons. The van der Waals surface area contributed by atoms with Crippen LogP contribution in [0.4, 0.5) is 0 Å². The van der Waals surface area contributed by atoms with Gasteiger partial charge in [-0.3, -0.25) is 4.79 Å². The highest BCUT2D eigenvalue weighted by molar-refractivity contribution is 5.95. The lowest BCUT2D eigenvalue weighted by Crippen LogP contribution is -2.17. The molecule has 0 heterocycles. The Labute approximate surface area is 134 Å². The van der Waals surface area contributed by atoms with Crippen molar-refractivity contribution < 1.29 is 14.3 Å². The van der Waals surface area contributed by atoms with Crippen molar-refractivity contribution in [3.8, 4) is 17.6 Å². The molecule has 0 atom stereocenters. The molecule has 0 fully saturated rings. The number of carbonyl (C=O) groups is 1. The van der Waals surface area contributed by atoms with Gasteiger partial charge in [0.1, 0.15) is 17.6 Å². The van der Waals surface area contributed by atoms with Gasteiger partial charge in [-0.15, -0.1) is 0 Å². The van der Waals surface area contributed by atoms with E-state index in [1.165, 1.54) is 6.21 Å². The molecule has 0 aliphatic heterocycles. The maximum atomic E-state index is 11.9. The number of carbonyl (C=O) groups excluding carboxylic acids is 1. The Morgan fingerprint density at radius 3 is 2.43 bits per heavy atom. The van der Waals surface area contributed by atoms with E-state index in [0.29, 0.717) is 17.1 Å². The molecule has 1 N–H and O–H groups in total. The van der Waals surface area contributed by atoms with Crippen LogP contribution in [0.15, 0.2) is 53.6 Å². The van der Waals surface area contributed by atoms with Gasteiger partial charge >= 0.3 is 0 Å². The summed E-state index contributed by atoms with van der Waals surface area (Å²) in [7, 11) is 1.57. The molecule has 0 aliphatic rings. The molecule has 0 unspecified atom stereocenters. The molecule has 0 saturated carbocycles. The van der Waals surface area contributed by atoms with E-state index in [-0.39, 0.29) is 12.5 Å². The third-order valence-electron chi connectivity index (χ3n) is 2.92. The van der Waals surface area contributed by atoms with E-state index in [1.54, 1.807) is 55.6 Å². The first-order valence-electron chi connectivity index (χ1n) is 6.80. The Bertz CT molecular complexity index is 716. The first-order valence-corrected chi connectivity index (χ1v) is 6.80. The highest BCUT2D eigenvalue weighted by atomic mass is 16.5. The van der Waals surface area contributed by atoms with E-state index in [4.69, 9.17) is 14.7 Å². The van der Waals surface area contributed by atoms with Crippen LogP contribution in [0.2, 0.25) is 0 Å². The summed E-state index contributed by atoms with van der Waals surface area (Å²) in [5, 5.41) is 12.3. The lowest BCUT2D eigenvalue weighted by molar-refractivity contribution is 0.0955. The van der Waals surface area contributed by atoms with Crippen LogP contribution in [0, 0.1) is 11.3 Å². The maximum absolute atomic E-state index is 11.9. The van der Waals surface area contributed by atoms with Gasteiger partial charge in [0.2, 0.25) is 0 Å². The average molecular weight is 309 g/mol. The van der Waals surface area contributed by atoms with Crippen LogP contribution in [0.5, 0.6) is 11.5 Å². The number of benzene rings is 2. The van der Waals surface area contributed by atoms with Crippen molar-refractivity contribution in [2.75, 3.05) is 13.7 Å². The number of ether oxygens (including phenoxy) is 2. The normalized spacial score (nSPS) is 10.1. The van der Waals surface area contributed by atoms with Gasteiger partial charge in [0, 0.05) is 5.56 Å². The van der Waals surface area contributed by atoms with E-state index in [0.717, 1.165) is 5.56 Å². The second-order valence-corrected chi connectivity index (χ2v) is 4.44. The van der Waals surface area contributed by atoms with Gasteiger partial charge in [-0.1, -0.05) is 0 Å². The first kappa shape index (κ1) is 16.0. The summed E-state index contributed by atoms with van der Waals surface area (Å²) in [4.78, 5) is 11.9. The number of amides is 1. The van der Waals surface area contributed by atoms with Crippen LogP contribution in [-0.2, 0) is 0 Å². The Morgan fingerprint density at radius 1 is 1.17 bits per heavy atom. The summed E-state index contributed by atoms with van der Waals surface area (Å²) < 4.78 is 10.2. The number of nitrogens with one attached hydrogen (secondary N) is 1. The molecule has 0 spiro atoms. The van der Waals surface area contributed by atoms with E-state index < -0.39 is 0 Å². The highest BCUT2D eigenvalue weighted by Gasteiger charge is 2.03. The third-order valence-corrected chi connectivity index (χ3v) is 2.92. The van der Waals surface area contributed by atoms with Crippen LogP contribution >= 0.6 is 0 Å². The Hall–Kier alpha value is -3.33. The number of methoxy groups -OCH3 is 1. The summed E-state index contributed by atoms with van der Waals surface area (Å²) in [6, 6.07) is 15.6. The monoisotopic (exact) mass is 309 g/mol. The third kappa shape index (κ3) is 4.86. The largest absolute Gasteiger partial charge is 0.497 e. The van der Waals surface area contributed by atoms with Gasteiger partial charge in [-0.25, -0.2) is 5.43 Å². The molecular weight excluding hydrogens is 294 g/mol. The van der Waals surface area contributed by atoms with Crippen LogP contribution in [0.3, 0.4) is 0 Å². The molecule has 0 saturated heterocycles. The zero-order valence-electron chi connectivity index (χ0n) is 12.5. The van der Waals surface area contributed by atoms with Crippen molar-refractivity contribution in [1.29, 1.82) is 5.26 Å². The zero-order chi connectivity index (χ0) is 16.5. The van der Waals surface area contributed by atoms with Gasteiger partial charge < -0.3 is 9.47 Å². The number of hydrazone groups is 1. The van der Waals surface area contributed by atoms with Gasteiger partial charge in [-0.05, 0) is 54.1 Å². The first-order chi connectivity index (χ1) is 11.2. The summed E-state index contributed by atoms with van der Waals surface area (Å²) >= 11 is 0. The Kier molecular flexibility index (Phi) is 5.72. The van der Waals surface area contributed by atoms with Crippen LogP contribution in [0.25, 0.3) is 0 Å². The summed E-state index contributed by atoms with van der Waals surface area (Å²) in [6.45, 7) is 0.00531. The molecular formula is C17H15N3O3. The molecule has 2 rings (SSSR count). The molecule has 0 bridgehead atoms. The fourth-order valence-corrected chi connectivity index (χ4v) is 1.74. The molecule has 0 aliphatic carbocycles. The maximum Gasteiger partial charge on any atom is 0.271 e. The van der Waals surface area contributed by atoms with Crippen LogP contribution < -0.4 is 14.9 Å². The lowest BCUT2D eigenvalue weighted by atomic mass is 10.2. The van der Waals surface area contributed by atoms with Crippen molar-refractivity contribution in [2.24, 2.45) is 5.10 Å². The van der Waals surface area contributed by atoms with E-state index in [2.05, 4.69) is 10.5 Å². The predicted octanol–water partition coefficient (Wildman–Crippen LogP) is 2.36. The second-order valence-electron chi connectivity index (χ2n) is 4.44. The Balaban J connectivity index is 1.90. The highest BCUT2D eigenvalue weighted by Crippen LogP contribution is 2.12. The minimum absolute atomic E-state index is 0.00531. The lowest BCUT2D eigenvalue weighted by Gasteiger charge is -2.02. The molecule has 6 heteroatoms. The van der Waals surface area contributed by atoms with Gasteiger partial charge in [0.15, 0.2) is 6.61 Å². The van der Waals surface area contributed by atoms with Gasteiger partial charge in [-0.2, -0.15) is 10.4 Å². The molecule has 1 amide bonds. The summed E-state index contributed by atoms with van der Waals surface area (Å²) in [5.41, 5.74) is 3.73. The minimum atomic E-state index is -0.308. The zero-order valence-corrected chi connectivity index (χ0v) is 12.5. The van der Waals surface area contributed by atoms with Crippen molar-refractivity contribution in [3.05, 3.63) is 59.7 Å². The van der Waals surface area contributed by atoms with E-state index >= 15 is 0 Å². The standard InChI is InChI=1S/C17H15N3O3/c1-22-15-8-4-14(5-9-15)17(21)20-19-12-13-2-6-16(7-3-13)23-11-10-18/h2-9,12H,11H2,1H3,(H,20,21)/b19-12+. The smallest absolute Gasteiger partial charge is 0.271 e. The second kappa shape index (κ2) is 8.20. The minimum Gasteiger partial charge on any atom is -0.497 e. The fourth-order valence-electron chi connectivity index (χ4n) is 1.74. The number of nitriles is 1.